The number of carbonyl (C=O) groups excluding carboxylic acids is 1. The van der Waals surface area contributed by atoms with Gasteiger partial charge in [0.1, 0.15) is 5.52 Å². The molecule has 1 fully saturated rings. The number of nitrogens with one attached hydrogen (secondary N) is 2. The van der Waals surface area contributed by atoms with Crippen LogP contribution in [0, 0.1) is 12.8 Å². The predicted octanol–water partition coefficient (Wildman–Crippen LogP) is 6.23. The molecule has 0 aliphatic carbocycles. The van der Waals surface area contributed by atoms with Crippen molar-refractivity contribution in [3.05, 3.63) is 29.0 Å². The van der Waals surface area contributed by atoms with Gasteiger partial charge in [-0.3, -0.25) is 4.79 Å². The first-order chi connectivity index (χ1) is 13.3. The number of aromatic nitrogens is 3. The van der Waals surface area contributed by atoms with E-state index >= 15 is 0 Å². The lowest BCUT2D eigenvalue weighted by Crippen LogP contribution is -2.38. The Balaban J connectivity index is 1.47. The second-order valence-corrected chi connectivity index (χ2v) is 11.0. The van der Waals surface area contributed by atoms with Crippen molar-refractivity contribution in [1.29, 1.82) is 0 Å². The number of anilines is 2. The molecule has 1 aromatic carbocycles. The number of hydrogen-bond acceptors (Lipinski definition) is 5. The lowest BCUT2D eigenvalue weighted by Gasteiger charge is -2.30. The number of imidazole rings is 1. The van der Waals surface area contributed by atoms with Gasteiger partial charge in [0, 0.05) is 39.0 Å². The first-order valence-corrected chi connectivity index (χ1v) is 12.5. The lowest BCUT2D eigenvalue weighted by molar-refractivity contribution is -0.120. The molecule has 2 N–H and O–H groups in total. The van der Waals surface area contributed by atoms with Crippen LogP contribution in [0.3, 0.4) is 0 Å². The van der Waals surface area contributed by atoms with Gasteiger partial charge in [-0.25, -0.2) is 9.97 Å². The fourth-order valence-electron chi connectivity index (χ4n) is 3.21. The van der Waals surface area contributed by atoms with Crippen molar-refractivity contribution in [2.24, 2.45) is 5.92 Å². The van der Waals surface area contributed by atoms with E-state index in [4.69, 9.17) is 4.98 Å². The summed E-state index contributed by atoms with van der Waals surface area (Å²) in [5.41, 5.74) is 1.78. The molecule has 3 heterocycles. The van der Waals surface area contributed by atoms with E-state index in [1.807, 2.05) is 6.92 Å². The van der Waals surface area contributed by atoms with E-state index < -0.39 is 0 Å². The van der Waals surface area contributed by atoms with E-state index in [0.29, 0.717) is 5.13 Å². The zero-order valence-corrected chi connectivity index (χ0v) is 21.8. The fourth-order valence-corrected chi connectivity index (χ4v) is 6.16. The highest BCUT2D eigenvalue weighted by atomic mass is 79.9. The Morgan fingerprint density at radius 2 is 1.86 bits per heavy atom. The average Bonchev–Trinajstić information content (AvgIpc) is 3.31. The third-order valence-electron chi connectivity index (χ3n) is 4.71. The molecule has 11 heteroatoms. The van der Waals surface area contributed by atoms with Gasteiger partial charge < -0.3 is 15.2 Å². The summed E-state index contributed by atoms with van der Waals surface area (Å²) in [5, 5.41) is 3.61. The van der Waals surface area contributed by atoms with Gasteiger partial charge in [0.15, 0.2) is 5.13 Å². The number of aryl methyl sites for hydroxylation is 1. The summed E-state index contributed by atoms with van der Waals surface area (Å²) in [6.07, 6.45) is 3.34. The molecule has 0 bridgehead atoms. The summed E-state index contributed by atoms with van der Waals surface area (Å²) < 4.78 is 3.66. The Morgan fingerprint density at radius 3 is 2.50 bits per heavy atom. The largest absolute Gasteiger partial charge is 0.342 e. The van der Waals surface area contributed by atoms with E-state index in [9.17, 15) is 4.79 Å². The summed E-state index contributed by atoms with van der Waals surface area (Å²) in [6.45, 7) is 3.52. The number of halogens is 4. The summed E-state index contributed by atoms with van der Waals surface area (Å²) in [5.74, 6) is 0.861. The van der Waals surface area contributed by atoms with E-state index in [2.05, 4.69) is 83.9 Å². The SMILES string of the molecule is Cc1cnc(NC(=O)C2CCN(c3nc4c(Br)c(Br)c(Br)c(Br)c4[nH]3)CC2)s1. The number of amides is 1. The van der Waals surface area contributed by atoms with Gasteiger partial charge in [0.2, 0.25) is 11.9 Å². The summed E-state index contributed by atoms with van der Waals surface area (Å²) in [4.78, 5) is 28.2. The first kappa shape index (κ1) is 20.8. The molecule has 2 aromatic heterocycles. The Hall–Kier alpha value is -0.490. The average molecular weight is 657 g/mol. The van der Waals surface area contributed by atoms with E-state index in [-0.39, 0.29) is 11.8 Å². The van der Waals surface area contributed by atoms with Crippen LogP contribution in [0.4, 0.5) is 11.1 Å². The molecule has 6 nitrogen and oxygen atoms in total. The maximum Gasteiger partial charge on any atom is 0.229 e. The van der Waals surface area contributed by atoms with Crippen molar-refractivity contribution in [1.82, 2.24) is 15.0 Å². The predicted molar refractivity (Wildman–Crippen MR) is 127 cm³/mol. The zero-order valence-electron chi connectivity index (χ0n) is 14.7. The normalized spacial score (nSPS) is 15.4. The van der Waals surface area contributed by atoms with Crippen molar-refractivity contribution >= 4 is 103 Å². The molecule has 148 valence electrons. The maximum absolute atomic E-state index is 12.5. The third kappa shape index (κ3) is 3.92. The number of hydrogen-bond donors (Lipinski definition) is 2. The van der Waals surface area contributed by atoms with Crippen LogP contribution in [-0.4, -0.2) is 33.9 Å². The van der Waals surface area contributed by atoms with E-state index in [1.165, 1.54) is 11.3 Å². The second-order valence-electron chi connectivity index (χ2n) is 6.57. The molecule has 1 saturated heterocycles. The van der Waals surface area contributed by atoms with Crippen molar-refractivity contribution < 1.29 is 4.79 Å². The Labute approximate surface area is 199 Å². The monoisotopic (exact) mass is 653 g/mol. The van der Waals surface area contributed by atoms with Crippen LogP contribution in [0.15, 0.2) is 24.1 Å². The summed E-state index contributed by atoms with van der Waals surface area (Å²) in [7, 11) is 0. The van der Waals surface area contributed by atoms with Crippen LogP contribution >= 0.6 is 75.1 Å². The number of aromatic amines is 1. The minimum Gasteiger partial charge on any atom is -0.342 e. The molecule has 0 saturated carbocycles. The van der Waals surface area contributed by atoms with Gasteiger partial charge >= 0.3 is 0 Å². The fraction of sp³-hybridized carbons (Fsp3) is 0.353. The lowest BCUT2D eigenvalue weighted by atomic mass is 9.96. The van der Waals surface area contributed by atoms with Crippen molar-refractivity contribution in [3.63, 3.8) is 0 Å². The molecular weight excluding hydrogens is 642 g/mol. The van der Waals surface area contributed by atoms with Crippen LogP contribution in [0.1, 0.15) is 17.7 Å². The first-order valence-electron chi connectivity index (χ1n) is 8.55. The number of H-pyrrole nitrogens is 1. The van der Waals surface area contributed by atoms with Gasteiger partial charge in [-0.15, -0.1) is 11.3 Å². The minimum absolute atomic E-state index is 0.00778. The molecule has 1 aliphatic rings. The second kappa shape index (κ2) is 8.33. The van der Waals surface area contributed by atoms with Crippen LogP contribution < -0.4 is 10.2 Å². The zero-order chi connectivity index (χ0) is 20.0. The number of rotatable bonds is 3. The molecule has 0 atom stereocenters. The number of carbonyl (C=O) groups is 1. The molecule has 0 spiro atoms. The van der Waals surface area contributed by atoms with Crippen LogP contribution in [0.25, 0.3) is 11.0 Å². The van der Waals surface area contributed by atoms with E-state index in [0.717, 1.165) is 65.7 Å². The van der Waals surface area contributed by atoms with Crippen LogP contribution in [0.2, 0.25) is 0 Å². The Kier molecular flexibility index (Phi) is 6.18. The molecule has 1 amide bonds. The number of piperidine rings is 1. The number of nitrogens with zero attached hydrogens (tertiary/aromatic N) is 3. The quantitative estimate of drug-likeness (QED) is 0.259. The summed E-state index contributed by atoms with van der Waals surface area (Å²) >= 11 is 15.9. The molecule has 3 aromatic rings. The molecule has 1 aliphatic heterocycles. The topological polar surface area (TPSA) is 73.9 Å². The Bertz CT molecular complexity index is 1010. The number of fused-ring (bicyclic) bond motifs is 1. The number of thiazole rings is 1. The van der Waals surface area contributed by atoms with Crippen LogP contribution in [-0.2, 0) is 4.79 Å². The third-order valence-corrected chi connectivity index (χ3v) is 10.3. The van der Waals surface area contributed by atoms with Gasteiger partial charge in [0.25, 0.3) is 0 Å². The molecular formula is C17H15Br4N5OS. The molecule has 28 heavy (non-hydrogen) atoms. The highest BCUT2D eigenvalue weighted by Crippen LogP contribution is 2.43. The van der Waals surface area contributed by atoms with Crippen LogP contribution in [0.5, 0.6) is 0 Å². The Morgan fingerprint density at radius 1 is 1.18 bits per heavy atom. The smallest absolute Gasteiger partial charge is 0.229 e. The maximum atomic E-state index is 12.5. The highest BCUT2D eigenvalue weighted by Gasteiger charge is 2.28. The van der Waals surface area contributed by atoms with E-state index in [1.54, 1.807) is 6.20 Å². The minimum atomic E-state index is -0.00778. The van der Waals surface area contributed by atoms with Crippen molar-refractivity contribution in [3.8, 4) is 0 Å². The number of benzene rings is 1. The van der Waals surface area contributed by atoms with Gasteiger partial charge in [-0.05, 0) is 83.5 Å². The van der Waals surface area contributed by atoms with Gasteiger partial charge in [-0.2, -0.15) is 0 Å². The molecule has 0 radical (unpaired) electrons. The van der Waals surface area contributed by atoms with Gasteiger partial charge in [0.05, 0.1) is 14.5 Å². The molecule has 4 rings (SSSR count). The summed E-state index contributed by atoms with van der Waals surface area (Å²) in [6, 6.07) is 0. The highest BCUT2D eigenvalue weighted by molar-refractivity contribution is 9.15. The van der Waals surface area contributed by atoms with Gasteiger partial charge in [-0.1, -0.05) is 0 Å². The molecule has 0 unspecified atom stereocenters. The van der Waals surface area contributed by atoms with Crippen molar-refractivity contribution in [2.45, 2.75) is 19.8 Å². The standard InChI is InChI=1S/C17H15Br4N5OS/c1-7-6-22-17(28-7)25-15(27)8-2-4-26(5-3-8)16-23-13-11(20)9(18)10(19)12(21)14(13)24-16/h6,8H,2-5H2,1H3,(H,23,24)(H,22,25,27). The van der Waals surface area contributed by atoms with Crippen molar-refractivity contribution in [2.75, 3.05) is 23.3 Å².